The Kier molecular flexibility index (Phi) is 11.7. The Labute approximate surface area is 183 Å². The second-order valence-electron chi connectivity index (χ2n) is 6.81. The molecule has 0 radical (unpaired) electrons. The Hall–Kier alpha value is -2.96. The van der Waals surface area contributed by atoms with E-state index in [-0.39, 0.29) is 13.2 Å². The van der Waals surface area contributed by atoms with Crippen LogP contribution in [0.5, 0.6) is 0 Å². The van der Waals surface area contributed by atoms with Crippen LogP contribution in [0.15, 0.2) is 73.0 Å². The van der Waals surface area contributed by atoms with Crippen LogP contribution in [-0.4, -0.2) is 37.7 Å². The van der Waals surface area contributed by atoms with Gasteiger partial charge in [0.05, 0.1) is 38.8 Å². The third-order valence-corrected chi connectivity index (χ3v) is 4.43. The molecule has 2 aromatic rings. The van der Waals surface area contributed by atoms with Crippen LogP contribution in [0.3, 0.4) is 0 Å². The molecule has 0 saturated carbocycles. The van der Waals surface area contributed by atoms with E-state index < -0.39 is 18.2 Å². The number of aldehydes is 1. The van der Waals surface area contributed by atoms with Crippen LogP contribution in [0.1, 0.15) is 30.9 Å². The first-order valence-corrected chi connectivity index (χ1v) is 10.4. The number of ether oxygens (including phenoxy) is 4. The van der Waals surface area contributed by atoms with E-state index in [4.69, 9.17) is 18.9 Å². The Bertz CT molecular complexity index is 775. The maximum absolute atomic E-state index is 11.5. The highest BCUT2D eigenvalue weighted by Crippen LogP contribution is 2.15. The average molecular weight is 427 g/mol. The molecule has 31 heavy (non-hydrogen) atoms. The van der Waals surface area contributed by atoms with Crippen molar-refractivity contribution >= 4 is 12.3 Å². The number of esters is 1. The van der Waals surface area contributed by atoms with E-state index in [2.05, 4.69) is 0 Å². The lowest BCUT2D eigenvalue weighted by molar-refractivity contribution is -0.137. The van der Waals surface area contributed by atoms with Gasteiger partial charge in [-0.3, -0.25) is 0 Å². The van der Waals surface area contributed by atoms with E-state index in [1.807, 2.05) is 60.7 Å². The first-order valence-electron chi connectivity index (χ1n) is 10.4. The van der Waals surface area contributed by atoms with E-state index in [0.29, 0.717) is 26.1 Å². The molecule has 0 aromatic heterocycles. The Morgan fingerprint density at radius 2 is 1.58 bits per heavy atom. The van der Waals surface area contributed by atoms with Crippen LogP contribution in [0.4, 0.5) is 0 Å². The largest absolute Gasteiger partial charge is 0.495 e. The summed E-state index contributed by atoms with van der Waals surface area (Å²) in [5.41, 5.74) is 2.07. The molecule has 0 amide bonds. The minimum atomic E-state index is -0.487. The Morgan fingerprint density at radius 3 is 2.19 bits per heavy atom. The van der Waals surface area contributed by atoms with Crippen molar-refractivity contribution < 1.29 is 28.5 Å². The third-order valence-electron chi connectivity index (χ3n) is 4.43. The number of carbonyl (C=O) groups is 2. The molecule has 0 aliphatic rings. The van der Waals surface area contributed by atoms with E-state index in [0.717, 1.165) is 17.4 Å². The highest BCUT2D eigenvalue weighted by Gasteiger charge is 2.24. The topological polar surface area (TPSA) is 71.1 Å². The van der Waals surface area contributed by atoms with E-state index in [9.17, 15) is 9.59 Å². The summed E-state index contributed by atoms with van der Waals surface area (Å²) in [6.07, 6.45) is 3.20. The van der Waals surface area contributed by atoms with E-state index in [1.54, 1.807) is 6.92 Å². The number of carbonyl (C=O) groups excluding carboxylic acids is 2. The lowest BCUT2D eigenvalue weighted by Gasteiger charge is -2.26. The maximum Gasteiger partial charge on any atom is 0.333 e. The second kappa shape index (κ2) is 14.9. The molecule has 0 heterocycles. The summed E-state index contributed by atoms with van der Waals surface area (Å²) in [5, 5.41) is 0. The van der Waals surface area contributed by atoms with Crippen LogP contribution < -0.4 is 0 Å². The summed E-state index contributed by atoms with van der Waals surface area (Å²) in [6.45, 7) is 3.11. The van der Waals surface area contributed by atoms with E-state index >= 15 is 0 Å². The molecule has 2 rings (SSSR count). The zero-order chi connectivity index (χ0) is 22.2. The standard InChI is InChI=1S/C25H30O6/c1-2-29-25(27)15-17-30-23(14-9-16-26)24(31-19-22-12-7-4-8-13-22)20-28-18-21-10-5-3-6-11-21/h3-8,10-13,15-17,23-24H,2,9,14,18-20H2,1H3/b17-15+/t23-,24-/m1/s1. The van der Waals surface area contributed by atoms with Crippen LogP contribution in [0.2, 0.25) is 0 Å². The van der Waals surface area contributed by atoms with Gasteiger partial charge in [0, 0.05) is 6.42 Å². The van der Waals surface area contributed by atoms with Crippen molar-refractivity contribution in [1.82, 2.24) is 0 Å². The summed E-state index contributed by atoms with van der Waals surface area (Å²) in [6, 6.07) is 19.6. The lowest BCUT2D eigenvalue weighted by atomic mass is 10.1. The molecule has 0 saturated heterocycles. The van der Waals surface area contributed by atoms with Gasteiger partial charge in [0.15, 0.2) is 0 Å². The van der Waals surface area contributed by atoms with Crippen LogP contribution >= 0.6 is 0 Å². The molecule has 2 aromatic carbocycles. The highest BCUT2D eigenvalue weighted by molar-refractivity contribution is 5.81. The molecule has 0 unspecified atom stereocenters. The zero-order valence-corrected chi connectivity index (χ0v) is 17.9. The van der Waals surface area contributed by atoms with E-state index in [1.165, 1.54) is 12.3 Å². The minimum Gasteiger partial charge on any atom is -0.495 e. The van der Waals surface area contributed by atoms with Crippen molar-refractivity contribution in [2.24, 2.45) is 0 Å². The van der Waals surface area contributed by atoms with Crippen molar-refractivity contribution in [3.63, 3.8) is 0 Å². The van der Waals surface area contributed by atoms with Gasteiger partial charge in [0.25, 0.3) is 0 Å². The summed E-state index contributed by atoms with van der Waals surface area (Å²) in [7, 11) is 0. The van der Waals surface area contributed by atoms with Gasteiger partial charge in [-0.05, 0) is 24.5 Å². The quantitative estimate of drug-likeness (QED) is 0.184. The lowest BCUT2D eigenvalue weighted by Crippen LogP contribution is -2.35. The minimum absolute atomic E-state index is 0.276. The molecule has 0 fully saturated rings. The maximum atomic E-state index is 11.5. The predicted octanol–water partition coefficient (Wildman–Crippen LogP) is 4.23. The smallest absolute Gasteiger partial charge is 0.333 e. The first kappa shape index (κ1) is 24.3. The normalized spacial score (nSPS) is 12.9. The van der Waals surface area contributed by atoms with Crippen LogP contribution in [-0.2, 0) is 41.8 Å². The fourth-order valence-corrected chi connectivity index (χ4v) is 2.87. The zero-order valence-electron chi connectivity index (χ0n) is 17.9. The monoisotopic (exact) mass is 426 g/mol. The Morgan fingerprint density at radius 1 is 0.935 bits per heavy atom. The number of rotatable bonds is 15. The van der Waals surface area contributed by atoms with Crippen molar-refractivity contribution in [1.29, 1.82) is 0 Å². The molecule has 0 bridgehead atoms. The van der Waals surface area contributed by atoms with Gasteiger partial charge in [-0.25, -0.2) is 4.79 Å². The molecule has 0 N–H and O–H groups in total. The van der Waals surface area contributed by atoms with Crippen LogP contribution in [0.25, 0.3) is 0 Å². The molecule has 2 atom stereocenters. The molecule has 0 aliphatic carbocycles. The molecular formula is C25H30O6. The van der Waals surface area contributed by atoms with Gasteiger partial charge in [-0.1, -0.05) is 60.7 Å². The molecular weight excluding hydrogens is 396 g/mol. The highest BCUT2D eigenvalue weighted by atomic mass is 16.6. The third kappa shape index (κ3) is 10.1. The van der Waals surface area contributed by atoms with Crippen molar-refractivity contribution in [3.8, 4) is 0 Å². The molecule has 6 heteroatoms. The average Bonchev–Trinajstić information content (AvgIpc) is 2.80. The second-order valence-corrected chi connectivity index (χ2v) is 6.81. The molecule has 166 valence electrons. The van der Waals surface area contributed by atoms with Crippen molar-refractivity contribution in [3.05, 3.63) is 84.1 Å². The summed E-state index contributed by atoms with van der Waals surface area (Å²) < 4.78 is 22.6. The fraction of sp³-hybridized carbons (Fsp3) is 0.360. The van der Waals surface area contributed by atoms with Crippen molar-refractivity contribution in [2.75, 3.05) is 13.2 Å². The van der Waals surface area contributed by atoms with Gasteiger partial charge < -0.3 is 23.7 Å². The summed E-state index contributed by atoms with van der Waals surface area (Å²) in [5.74, 6) is -0.487. The predicted molar refractivity (Wildman–Crippen MR) is 117 cm³/mol. The SMILES string of the molecule is CCOC(=O)/C=C/O[C@H](CCC=O)[C@@H](COCc1ccccc1)OCc1ccccc1. The van der Waals surface area contributed by atoms with Gasteiger partial charge in [0.1, 0.15) is 18.5 Å². The molecule has 0 spiro atoms. The van der Waals surface area contributed by atoms with Crippen LogP contribution in [0, 0.1) is 0 Å². The van der Waals surface area contributed by atoms with Crippen molar-refractivity contribution in [2.45, 2.75) is 45.2 Å². The van der Waals surface area contributed by atoms with Gasteiger partial charge in [0.2, 0.25) is 0 Å². The Balaban J connectivity index is 2.03. The van der Waals surface area contributed by atoms with Gasteiger partial charge in [-0.15, -0.1) is 0 Å². The number of hydrogen-bond acceptors (Lipinski definition) is 6. The molecule has 6 nitrogen and oxygen atoms in total. The first-order chi connectivity index (χ1) is 15.2. The fourth-order valence-electron chi connectivity index (χ4n) is 2.87. The molecule has 0 aliphatic heterocycles. The summed E-state index contributed by atoms with van der Waals surface area (Å²) >= 11 is 0. The number of benzene rings is 2. The van der Waals surface area contributed by atoms with Gasteiger partial charge >= 0.3 is 5.97 Å². The van der Waals surface area contributed by atoms with Gasteiger partial charge in [-0.2, -0.15) is 0 Å². The summed E-state index contributed by atoms with van der Waals surface area (Å²) in [4.78, 5) is 22.5. The number of hydrogen-bond donors (Lipinski definition) is 0.